The number of hydrogen-bond acceptors (Lipinski definition) is 3. The van der Waals surface area contributed by atoms with Crippen molar-refractivity contribution in [3.63, 3.8) is 0 Å². The number of hydrogen-bond donors (Lipinski definition) is 2. The van der Waals surface area contributed by atoms with E-state index < -0.39 is 0 Å². The third kappa shape index (κ3) is 2.32. The van der Waals surface area contributed by atoms with Gasteiger partial charge in [-0.25, -0.2) is 0 Å². The summed E-state index contributed by atoms with van der Waals surface area (Å²) in [5, 5.41) is 2.46. The van der Waals surface area contributed by atoms with Crippen LogP contribution in [-0.4, -0.2) is 12.6 Å². The molecule has 1 amide bonds. The first kappa shape index (κ1) is 9.80. The highest BCUT2D eigenvalue weighted by molar-refractivity contribution is 5.91. The molecule has 0 aliphatic carbocycles. The molecule has 0 aliphatic rings. The Balaban J connectivity index is 2.73. The molecule has 0 fully saturated rings. The van der Waals surface area contributed by atoms with Crippen LogP contribution in [0.25, 0.3) is 0 Å². The number of nitrogens with one attached hydrogen (secondary N) is 1. The summed E-state index contributed by atoms with van der Waals surface area (Å²) in [5.41, 5.74) is 5.16. The number of amides is 1. The van der Waals surface area contributed by atoms with Gasteiger partial charge in [-0.2, -0.15) is 0 Å². The molecule has 4 nitrogen and oxygen atoms in total. The Labute approximate surface area is 77.1 Å². The smallest absolute Gasteiger partial charge is 0.287 e. The van der Waals surface area contributed by atoms with Crippen LogP contribution in [0.15, 0.2) is 16.5 Å². The normalized spacial score (nSPS) is 10.5. The molecule has 0 atom stereocenters. The van der Waals surface area contributed by atoms with Gasteiger partial charge in [0.25, 0.3) is 5.91 Å². The van der Waals surface area contributed by atoms with Gasteiger partial charge in [-0.15, -0.1) is 0 Å². The average molecular weight is 182 g/mol. The number of nitrogens with two attached hydrogens (primary N) is 1. The fourth-order valence-corrected chi connectivity index (χ4v) is 0.965. The highest BCUT2D eigenvalue weighted by Gasteiger charge is 2.11. The fraction of sp³-hybridized carbons (Fsp3) is 0.444. The summed E-state index contributed by atoms with van der Waals surface area (Å²) in [7, 11) is 0. The minimum absolute atomic E-state index is 0.122. The summed E-state index contributed by atoms with van der Waals surface area (Å²) < 4.78 is 5.29. The van der Waals surface area contributed by atoms with Gasteiger partial charge in [-0.05, 0) is 12.1 Å². The van der Waals surface area contributed by atoms with Gasteiger partial charge in [0.05, 0.1) is 6.67 Å². The molecule has 0 aromatic carbocycles. The maximum absolute atomic E-state index is 11.2. The largest absolute Gasteiger partial charge is 0.456 e. The Morgan fingerprint density at radius 2 is 2.31 bits per heavy atom. The van der Waals surface area contributed by atoms with Crippen LogP contribution in [0.3, 0.4) is 0 Å². The molecule has 0 saturated carbocycles. The Bertz CT molecular complexity index is 292. The lowest BCUT2D eigenvalue weighted by Crippen LogP contribution is -2.28. The molecule has 1 rings (SSSR count). The molecule has 0 bridgehead atoms. The first-order valence-electron chi connectivity index (χ1n) is 4.23. The van der Waals surface area contributed by atoms with E-state index in [0.717, 1.165) is 5.76 Å². The van der Waals surface area contributed by atoms with Crippen LogP contribution < -0.4 is 11.1 Å². The Kier molecular flexibility index (Phi) is 3.08. The van der Waals surface area contributed by atoms with Crippen molar-refractivity contribution in [1.29, 1.82) is 0 Å². The second-order valence-electron chi connectivity index (χ2n) is 3.07. The molecule has 0 spiro atoms. The highest BCUT2D eigenvalue weighted by Crippen LogP contribution is 2.17. The number of furan rings is 1. The van der Waals surface area contributed by atoms with E-state index in [0.29, 0.717) is 11.7 Å². The molecular weight excluding hydrogens is 168 g/mol. The second-order valence-corrected chi connectivity index (χ2v) is 3.07. The second kappa shape index (κ2) is 4.09. The highest BCUT2D eigenvalue weighted by atomic mass is 16.4. The van der Waals surface area contributed by atoms with Crippen LogP contribution in [0, 0.1) is 0 Å². The van der Waals surface area contributed by atoms with Crippen molar-refractivity contribution in [3.05, 3.63) is 23.7 Å². The zero-order chi connectivity index (χ0) is 9.84. The van der Waals surface area contributed by atoms with Crippen molar-refractivity contribution in [2.24, 2.45) is 5.73 Å². The monoisotopic (exact) mass is 182 g/mol. The topological polar surface area (TPSA) is 68.3 Å². The third-order valence-electron chi connectivity index (χ3n) is 1.68. The SMILES string of the molecule is CC(C)c1ccc(C(=O)NCN)o1. The zero-order valence-corrected chi connectivity index (χ0v) is 7.83. The quantitative estimate of drug-likeness (QED) is 0.686. The van der Waals surface area contributed by atoms with Gasteiger partial charge in [0.2, 0.25) is 0 Å². The first-order chi connectivity index (χ1) is 6.15. The third-order valence-corrected chi connectivity index (χ3v) is 1.68. The fourth-order valence-electron chi connectivity index (χ4n) is 0.965. The van der Waals surface area contributed by atoms with Crippen molar-refractivity contribution in [2.45, 2.75) is 19.8 Å². The molecule has 0 radical (unpaired) electrons. The summed E-state index contributed by atoms with van der Waals surface area (Å²) in [4.78, 5) is 11.2. The van der Waals surface area contributed by atoms with Crippen molar-refractivity contribution >= 4 is 5.91 Å². The first-order valence-corrected chi connectivity index (χ1v) is 4.23. The van der Waals surface area contributed by atoms with Crippen molar-refractivity contribution in [3.8, 4) is 0 Å². The van der Waals surface area contributed by atoms with Crippen LogP contribution in [0.1, 0.15) is 36.1 Å². The maximum atomic E-state index is 11.2. The zero-order valence-electron chi connectivity index (χ0n) is 7.83. The van der Waals surface area contributed by atoms with Crippen molar-refractivity contribution < 1.29 is 9.21 Å². The van der Waals surface area contributed by atoms with E-state index >= 15 is 0 Å². The molecule has 72 valence electrons. The lowest BCUT2D eigenvalue weighted by molar-refractivity contribution is 0.0925. The Morgan fingerprint density at radius 3 is 2.77 bits per heavy atom. The maximum Gasteiger partial charge on any atom is 0.287 e. The van der Waals surface area contributed by atoms with E-state index in [-0.39, 0.29) is 12.6 Å². The van der Waals surface area contributed by atoms with Gasteiger partial charge < -0.3 is 15.5 Å². The number of rotatable bonds is 3. The number of carbonyl (C=O) groups excluding carboxylic acids is 1. The molecule has 1 heterocycles. The van der Waals surface area contributed by atoms with Gasteiger partial charge in [0, 0.05) is 5.92 Å². The van der Waals surface area contributed by atoms with Crippen LogP contribution in [0.2, 0.25) is 0 Å². The van der Waals surface area contributed by atoms with E-state index in [1.165, 1.54) is 0 Å². The lowest BCUT2D eigenvalue weighted by atomic mass is 10.2. The molecule has 4 heteroatoms. The molecule has 0 unspecified atom stereocenters. The Morgan fingerprint density at radius 1 is 1.62 bits per heavy atom. The standard InChI is InChI=1S/C9H14N2O2/c1-6(2)7-3-4-8(13-7)9(12)11-5-10/h3-4,6H,5,10H2,1-2H3,(H,11,12). The average Bonchev–Trinajstić information content (AvgIpc) is 2.52. The van der Waals surface area contributed by atoms with E-state index in [1.807, 2.05) is 13.8 Å². The molecule has 1 aromatic rings. The predicted molar refractivity (Wildman–Crippen MR) is 49.3 cm³/mol. The molecular formula is C9H14N2O2. The van der Waals surface area contributed by atoms with Crippen LogP contribution in [-0.2, 0) is 0 Å². The molecule has 1 aromatic heterocycles. The minimum Gasteiger partial charge on any atom is -0.456 e. The van der Waals surface area contributed by atoms with Gasteiger partial charge in [-0.3, -0.25) is 4.79 Å². The summed E-state index contributed by atoms with van der Waals surface area (Å²) in [6.07, 6.45) is 0. The number of carbonyl (C=O) groups is 1. The summed E-state index contributed by atoms with van der Waals surface area (Å²) >= 11 is 0. The van der Waals surface area contributed by atoms with Crippen LogP contribution in [0.5, 0.6) is 0 Å². The molecule has 0 saturated heterocycles. The van der Waals surface area contributed by atoms with Gasteiger partial charge >= 0.3 is 0 Å². The van der Waals surface area contributed by atoms with Crippen molar-refractivity contribution in [1.82, 2.24) is 5.32 Å². The van der Waals surface area contributed by atoms with E-state index in [4.69, 9.17) is 10.2 Å². The predicted octanol–water partition coefficient (Wildman–Crippen LogP) is 1.05. The summed E-state index contributed by atoms with van der Waals surface area (Å²) in [6.45, 7) is 4.13. The molecule has 13 heavy (non-hydrogen) atoms. The summed E-state index contributed by atoms with van der Waals surface area (Å²) in [6, 6.07) is 3.45. The van der Waals surface area contributed by atoms with Crippen LogP contribution >= 0.6 is 0 Å². The van der Waals surface area contributed by atoms with Gasteiger partial charge in [0.1, 0.15) is 5.76 Å². The minimum atomic E-state index is -0.269. The van der Waals surface area contributed by atoms with E-state index in [9.17, 15) is 4.79 Å². The van der Waals surface area contributed by atoms with Crippen molar-refractivity contribution in [2.75, 3.05) is 6.67 Å². The van der Waals surface area contributed by atoms with Crippen LogP contribution in [0.4, 0.5) is 0 Å². The molecule has 0 aliphatic heterocycles. The Hall–Kier alpha value is -1.29. The summed E-state index contributed by atoms with van der Waals surface area (Å²) in [5.74, 6) is 1.14. The van der Waals surface area contributed by atoms with E-state index in [1.54, 1.807) is 12.1 Å². The molecule has 3 N–H and O–H groups in total. The van der Waals surface area contributed by atoms with E-state index in [2.05, 4.69) is 5.32 Å². The van der Waals surface area contributed by atoms with Gasteiger partial charge in [-0.1, -0.05) is 13.8 Å². The van der Waals surface area contributed by atoms with Gasteiger partial charge in [0.15, 0.2) is 5.76 Å². The lowest BCUT2D eigenvalue weighted by Gasteiger charge is -1.99.